The SMILES string of the molecule is CCCC(CCC)c1c2nc(c(-c3c(NC(=O)[C@H]4CC4(C)C)cccc3NC(=O)[C@H]3CC3(C)C)c3ccc([nH]3)c(C(CCC)CCC)c3nc(c(-c4c(NC(=O)[C@H]5CC5(C)C)cccc4NC(=O)[C@H]4CC4(C)C)c4ccc1[nH]4)C=C3)C=C2. The highest BCUT2D eigenvalue weighted by molar-refractivity contribution is 6.11. The molecule has 5 aromatic rings. The van der Waals surface area contributed by atoms with Crippen LogP contribution in [0, 0.1) is 45.3 Å². The third-order valence-electron chi connectivity index (χ3n) is 19.2. The number of nitrogens with zero attached hydrogens (tertiary/aromatic N) is 2. The van der Waals surface area contributed by atoms with Gasteiger partial charge in [0, 0.05) is 79.1 Å². The summed E-state index contributed by atoms with van der Waals surface area (Å²) >= 11 is 0. The van der Waals surface area contributed by atoms with Crippen molar-refractivity contribution >= 4 is 92.7 Å². The average molecular weight is 1100 g/mol. The second-order valence-electron chi connectivity index (χ2n) is 27.5. The molecule has 0 unspecified atom stereocenters. The Morgan fingerprint density at radius 1 is 0.415 bits per heavy atom. The lowest BCUT2D eigenvalue weighted by Crippen LogP contribution is -2.19. The van der Waals surface area contributed by atoms with Crippen LogP contribution < -0.4 is 21.3 Å². The molecule has 12 nitrogen and oxygen atoms in total. The maximum Gasteiger partial charge on any atom is 0.228 e. The number of aromatic amines is 2. The highest BCUT2D eigenvalue weighted by atomic mass is 16.2. The third-order valence-corrected chi connectivity index (χ3v) is 19.2. The molecule has 4 amide bonds. The number of carbonyl (C=O) groups excluding carboxylic acids is 4. The number of benzene rings is 2. The van der Waals surface area contributed by atoms with E-state index in [1.165, 1.54) is 0 Å². The van der Waals surface area contributed by atoms with E-state index in [9.17, 15) is 19.2 Å². The van der Waals surface area contributed by atoms with Gasteiger partial charge in [0.05, 0.1) is 45.5 Å². The Morgan fingerprint density at radius 2 is 0.671 bits per heavy atom. The Kier molecular flexibility index (Phi) is 14.9. The van der Waals surface area contributed by atoms with Crippen LogP contribution in [0.2, 0.25) is 0 Å². The van der Waals surface area contributed by atoms with Crippen molar-refractivity contribution in [1.82, 2.24) is 19.9 Å². The van der Waals surface area contributed by atoms with Gasteiger partial charge in [-0.15, -0.1) is 0 Å². The van der Waals surface area contributed by atoms with Crippen LogP contribution in [0.15, 0.2) is 60.7 Å². The minimum Gasteiger partial charge on any atom is -0.355 e. The van der Waals surface area contributed by atoms with Crippen LogP contribution in [0.3, 0.4) is 0 Å². The minimum absolute atomic E-state index is 0.0413. The van der Waals surface area contributed by atoms with E-state index in [0.717, 1.165) is 133 Å². The minimum atomic E-state index is -0.140. The number of aromatic nitrogens is 4. The lowest BCUT2D eigenvalue weighted by molar-refractivity contribution is -0.118. The van der Waals surface area contributed by atoms with E-state index in [1.54, 1.807) is 0 Å². The summed E-state index contributed by atoms with van der Waals surface area (Å²) < 4.78 is 0. The number of fused-ring (bicyclic) bond motifs is 8. The molecule has 0 radical (unpaired) electrons. The van der Waals surface area contributed by atoms with Crippen molar-refractivity contribution in [3.05, 3.63) is 94.6 Å². The van der Waals surface area contributed by atoms with Crippen molar-refractivity contribution in [1.29, 1.82) is 0 Å². The Hall–Kier alpha value is -7.08. The van der Waals surface area contributed by atoms with Gasteiger partial charge in [-0.1, -0.05) is 121 Å². The smallest absolute Gasteiger partial charge is 0.228 e. The van der Waals surface area contributed by atoms with Gasteiger partial charge in [0.15, 0.2) is 0 Å². The molecule has 3 aromatic heterocycles. The molecule has 2 aromatic carbocycles. The number of nitrogens with one attached hydrogen (secondary N) is 6. The van der Waals surface area contributed by atoms with Crippen LogP contribution in [0.25, 0.3) is 68.6 Å². The number of carbonyl (C=O) groups is 4. The maximum atomic E-state index is 14.3. The standard InChI is InChI=1S/C70H86N8O4/c1-13-19-39(20-14-2)57-49-27-31-53(71-49)61(59-45(75-63(79)41-35-67(41,5)6)23-17-24-46(59)76-64(80)42-36-68(42,7)8)55-33-29-51(73-55)58(40(21-15-3)22-16-4)52-30-34-56(74-52)62(54-32-28-50(57)72-54)60-47(77-65(81)43-37-69(43,9)10)25-18-26-48(60)78-66(82)44-38-70(44,11)12/h17-18,23-34,39-44,71,74H,13-16,19-22,35-38H2,1-12H3,(H,75,79)(H,76,80)(H,77,81)(H,78,82)/t41-,42-,43-,44-/m1/s1. The van der Waals surface area contributed by atoms with Crippen molar-refractivity contribution in [2.24, 2.45) is 45.3 Å². The first-order chi connectivity index (χ1) is 39.1. The average Bonchev–Trinajstić information content (AvgIpc) is 4.34. The summed E-state index contributed by atoms with van der Waals surface area (Å²) in [5, 5.41) is 13.5. The van der Waals surface area contributed by atoms with Gasteiger partial charge in [-0.3, -0.25) is 19.2 Å². The summed E-state index contributed by atoms with van der Waals surface area (Å²) in [5.41, 5.74) is 13.5. The molecule has 82 heavy (non-hydrogen) atoms. The fourth-order valence-electron chi connectivity index (χ4n) is 13.5. The normalized spacial score (nSPS) is 20.9. The number of H-pyrrole nitrogens is 2. The van der Waals surface area contributed by atoms with Crippen molar-refractivity contribution in [3.8, 4) is 22.3 Å². The molecule has 0 spiro atoms. The number of amides is 4. The molecule has 6 N–H and O–H groups in total. The van der Waals surface area contributed by atoms with Gasteiger partial charge in [-0.05, 0) is 158 Å². The summed E-state index contributed by atoms with van der Waals surface area (Å²) in [6, 6.07) is 20.2. The quantitative estimate of drug-likeness (QED) is 0.0443. The van der Waals surface area contributed by atoms with E-state index in [-0.39, 0.29) is 80.8 Å². The molecule has 4 aliphatic carbocycles. The van der Waals surface area contributed by atoms with Gasteiger partial charge in [0.1, 0.15) is 0 Å². The number of rotatable bonds is 20. The first kappa shape index (κ1) is 56.8. The zero-order valence-corrected chi connectivity index (χ0v) is 50.6. The molecule has 11 rings (SSSR count). The molecule has 8 bridgehead atoms. The Balaban J connectivity index is 1.24. The van der Waals surface area contributed by atoms with Gasteiger partial charge in [0.2, 0.25) is 23.6 Å². The fourth-order valence-corrected chi connectivity index (χ4v) is 13.5. The van der Waals surface area contributed by atoms with E-state index in [1.807, 2.05) is 36.4 Å². The summed E-state index contributed by atoms with van der Waals surface area (Å²) in [4.78, 5) is 76.7. The van der Waals surface area contributed by atoms with Crippen molar-refractivity contribution in [2.45, 2.75) is 172 Å². The summed E-state index contributed by atoms with van der Waals surface area (Å²) in [5.74, 6) is -0.478. The highest BCUT2D eigenvalue weighted by Crippen LogP contribution is 2.56. The lowest BCUT2D eigenvalue weighted by atomic mass is 9.89. The summed E-state index contributed by atoms with van der Waals surface area (Å²) in [6.45, 7) is 26.0. The molecule has 12 heteroatoms. The van der Waals surface area contributed by atoms with Crippen molar-refractivity contribution in [2.75, 3.05) is 21.3 Å². The van der Waals surface area contributed by atoms with E-state index in [4.69, 9.17) is 9.97 Å². The monoisotopic (exact) mass is 1100 g/mol. The van der Waals surface area contributed by atoms with Crippen LogP contribution in [0.1, 0.15) is 206 Å². The van der Waals surface area contributed by atoms with Crippen LogP contribution in [-0.4, -0.2) is 43.6 Å². The van der Waals surface area contributed by atoms with E-state index in [2.05, 4.69) is 163 Å². The lowest BCUT2D eigenvalue weighted by Gasteiger charge is -2.19. The zero-order valence-electron chi connectivity index (χ0n) is 50.6. The van der Waals surface area contributed by atoms with Crippen molar-refractivity contribution < 1.29 is 19.2 Å². The molecular formula is C70H86N8O4. The number of anilines is 4. The molecule has 4 atom stereocenters. The second kappa shape index (κ2) is 21.6. The Morgan fingerprint density at radius 3 is 0.927 bits per heavy atom. The first-order valence-corrected chi connectivity index (χ1v) is 30.7. The maximum absolute atomic E-state index is 14.3. The third kappa shape index (κ3) is 11.0. The molecule has 6 aliphatic rings. The fraction of sp³-hybridized carbons (Fsp3) is 0.486. The summed E-state index contributed by atoms with van der Waals surface area (Å²) in [7, 11) is 0. The first-order valence-electron chi connectivity index (χ1n) is 30.7. The van der Waals surface area contributed by atoms with Crippen molar-refractivity contribution in [3.63, 3.8) is 0 Å². The largest absolute Gasteiger partial charge is 0.355 e. The van der Waals surface area contributed by atoms with Crippen LogP contribution in [0.4, 0.5) is 22.7 Å². The second-order valence-corrected chi connectivity index (χ2v) is 27.5. The zero-order chi connectivity index (χ0) is 58.2. The molecule has 4 fully saturated rings. The Labute approximate surface area is 485 Å². The van der Waals surface area contributed by atoms with Gasteiger partial charge in [-0.25, -0.2) is 9.97 Å². The number of hydrogen-bond acceptors (Lipinski definition) is 6. The predicted molar refractivity (Wildman–Crippen MR) is 337 cm³/mol. The molecule has 2 aliphatic heterocycles. The van der Waals surface area contributed by atoms with E-state index < -0.39 is 0 Å². The van der Waals surface area contributed by atoms with Gasteiger partial charge >= 0.3 is 0 Å². The Bertz CT molecular complexity index is 3290. The molecular weight excluding hydrogens is 1020 g/mol. The molecule has 0 saturated heterocycles. The van der Waals surface area contributed by atoms with Gasteiger partial charge in [0.25, 0.3) is 0 Å². The summed E-state index contributed by atoms with van der Waals surface area (Å²) in [6.07, 6.45) is 19.2. The van der Waals surface area contributed by atoms with Gasteiger partial charge < -0.3 is 31.2 Å². The predicted octanol–water partition coefficient (Wildman–Crippen LogP) is 17.3. The van der Waals surface area contributed by atoms with E-state index >= 15 is 0 Å². The van der Waals surface area contributed by atoms with Crippen LogP contribution in [0.5, 0.6) is 0 Å². The number of hydrogen-bond donors (Lipinski definition) is 6. The highest BCUT2D eigenvalue weighted by Gasteiger charge is 2.53. The molecule has 430 valence electrons. The van der Waals surface area contributed by atoms with E-state index in [0.29, 0.717) is 45.3 Å². The topological polar surface area (TPSA) is 174 Å². The van der Waals surface area contributed by atoms with Gasteiger partial charge in [-0.2, -0.15) is 0 Å². The molecule has 5 heterocycles. The molecule has 4 saturated carbocycles. The van der Waals surface area contributed by atoms with Crippen LogP contribution >= 0.6 is 0 Å². The van der Waals surface area contributed by atoms with Crippen LogP contribution in [-0.2, 0) is 19.2 Å².